The number of rotatable bonds is 5. The van der Waals surface area contributed by atoms with E-state index in [4.69, 9.17) is 0 Å². The lowest BCUT2D eigenvalue weighted by atomic mass is 9.92. The second-order valence-electron chi connectivity index (χ2n) is 6.29. The lowest BCUT2D eigenvalue weighted by Gasteiger charge is -2.24. The predicted octanol–water partition coefficient (Wildman–Crippen LogP) is 1.13. The number of aromatic nitrogens is 3. The van der Waals surface area contributed by atoms with Gasteiger partial charge >= 0.3 is 0 Å². The van der Waals surface area contributed by atoms with Gasteiger partial charge in [0.25, 0.3) is 5.91 Å². The van der Waals surface area contributed by atoms with Crippen molar-refractivity contribution in [1.29, 1.82) is 0 Å². The third kappa shape index (κ3) is 3.96. The molecule has 1 N–H and O–H groups in total. The van der Waals surface area contributed by atoms with Crippen LogP contribution in [0.5, 0.6) is 0 Å². The topological polar surface area (TPSA) is 63.1 Å². The molecule has 2 aromatic heterocycles. The predicted molar refractivity (Wildman–Crippen MR) is 88.3 cm³/mol. The van der Waals surface area contributed by atoms with Gasteiger partial charge in [-0.1, -0.05) is 6.07 Å². The maximum atomic E-state index is 12.4. The summed E-state index contributed by atoms with van der Waals surface area (Å²) in [6, 6.07) is 5.99. The molecule has 122 valence electrons. The molecule has 0 saturated heterocycles. The highest BCUT2D eigenvalue weighted by atomic mass is 16.2. The van der Waals surface area contributed by atoms with E-state index >= 15 is 0 Å². The van der Waals surface area contributed by atoms with Crippen LogP contribution >= 0.6 is 0 Å². The Morgan fingerprint density at radius 2 is 2.30 bits per heavy atom. The summed E-state index contributed by atoms with van der Waals surface area (Å²) < 4.78 is 1.81. The van der Waals surface area contributed by atoms with Gasteiger partial charge in [0.05, 0.1) is 6.54 Å². The van der Waals surface area contributed by atoms with Gasteiger partial charge in [-0.25, -0.2) is 0 Å². The summed E-state index contributed by atoms with van der Waals surface area (Å²) in [4.78, 5) is 18.9. The van der Waals surface area contributed by atoms with Gasteiger partial charge in [-0.15, -0.1) is 0 Å². The number of hydrogen-bond acceptors (Lipinski definition) is 4. The van der Waals surface area contributed by atoms with E-state index in [-0.39, 0.29) is 11.9 Å². The molecular weight excluding hydrogens is 290 g/mol. The number of aryl methyl sites for hydroxylation is 1. The van der Waals surface area contributed by atoms with Crippen molar-refractivity contribution in [3.8, 4) is 0 Å². The van der Waals surface area contributed by atoms with Crippen LogP contribution in [0, 0.1) is 0 Å². The molecule has 2 aromatic rings. The summed E-state index contributed by atoms with van der Waals surface area (Å²) in [6.07, 6.45) is 6.38. The summed E-state index contributed by atoms with van der Waals surface area (Å²) in [7, 11) is 4.04. The van der Waals surface area contributed by atoms with Crippen molar-refractivity contribution in [2.45, 2.75) is 31.8 Å². The third-order valence-corrected chi connectivity index (χ3v) is 4.17. The average molecular weight is 313 g/mol. The normalized spacial score (nSPS) is 17.1. The van der Waals surface area contributed by atoms with Gasteiger partial charge < -0.3 is 10.2 Å². The number of carbonyl (C=O) groups is 1. The average Bonchev–Trinajstić information content (AvgIpc) is 3.02. The van der Waals surface area contributed by atoms with Gasteiger partial charge in [0.2, 0.25) is 0 Å². The van der Waals surface area contributed by atoms with Crippen molar-refractivity contribution >= 4 is 5.91 Å². The van der Waals surface area contributed by atoms with Gasteiger partial charge in [-0.05, 0) is 51.1 Å². The lowest BCUT2D eigenvalue weighted by molar-refractivity contribution is 0.0927. The number of carbonyl (C=O) groups excluding carboxylic acids is 1. The summed E-state index contributed by atoms with van der Waals surface area (Å²) in [6.45, 7) is 1.68. The second-order valence-corrected chi connectivity index (χ2v) is 6.29. The summed E-state index contributed by atoms with van der Waals surface area (Å²) in [5.74, 6) is -0.0917. The smallest absolute Gasteiger partial charge is 0.272 e. The van der Waals surface area contributed by atoms with Crippen LogP contribution < -0.4 is 5.32 Å². The first-order valence-corrected chi connectivity index (χ1v) is 8.03. The number of amides is 1. The third-order valence-electron chi connectivity index (χ3n) is 4.17. The molecule has 0 saturated carbocycles. The standard InChI is InChI=1S/C17H23N5O/c1-21(2)10-11-22-9-7-16(20-22)17(23)19-14-5-6-15-13(12-14)4-3-8-18-15/h3-4,7-9,14H,5-6,10-12H2,1-2H3,(H,19,23). The molecule has 6 heteroatoms. The van der Waals surface area contributed by atoms with Crippen molar-refractivity contribution < 1.29 is 4.79 Å². The van der Waals surface area contributed by atoms with Gasteiger partial charge in [-0.3, -0.25) is 14.5 Å². The fourth-order valence-electron chi connectivity index (χ4n) is 2.85. The number of nitrogens with one attached hydrogen (secondary N) is 1. The monoisotopic (exact) mass is 313 g/mol. The minimum Gasteiger partial charge on any atom is -0.348 e. The second kappa shape index (κ2) is 6.91. The Kier molecular flexibility index (Phi) is 4.71. The van der Waals surface area contributed by atoms with Gasteiger partial charge in [0.15, 0.2) is 0 Å². The molecule has 0 aromatic carbocycles. The summed E-state index contributed by atoms with van der Waals surface area (Å²) in [5, 5.41) is 7.46. The van der Waals surface area contributed by atoms with Gasteiger partial charge in [-0.2, -0.15) is 5.10 Å². The first-order valence-electron chi connectivity index (χ1n) is 8.03. The Bertz CT molecular complexity index is 679. The number of nitrogens with zero attached hydrogens (tertiary/aromatic N) is 4. The minimum atomic E-state index is -0.0917. The zero-order chi connectivity index (χ0) is 16.2. The van der Waals surface area contributed by atoms with E-state index in [0.29, 0.717) is 5.69 Å². The van der Waals surface area contributed by atoms with Crippen LogP contribution in [0.15, 0.2) is 30.6 Å². The first-order chi connectivity index (χ1) is 11.1. The van der Waals surface area contributed by atoms with E-state index in [0.717, 1.165) is 38.0 Å². The molecule has 23 heavy (non-hydrogen) atoms. The Balaban J connectivity index is 1.57. The maximum Gasteiger partial charge on any atom is 0.272 e. The van der Waals surface area contributed by atoms with Crippen molar-refractivity contribution in [2.24, 2.45) is 0 Å². The Hall–Kier alpha value is -2.21. The van der Waals surface area contributed by atoms with Crippen LogP contribution in [0.2, 0.25) is 0 Å². The fraction of sp³-hybridized carbons (Fsp3) is 0.471. The van der Waals surface area contributed by atoms with E-state index in [1.807, 2.05) is 37.2 Å². The number of pyridine rings is 1. The summed E-state index contributed by atoms with van der Waals surface area (Å²) in [5.41, 5.74) is 2.88. The molecule has 2 heterocycles. The molecule has 3 rings (SSSR count). The van der Waals surface area contributed by atoms with Crippen LogP contribution in [-0.4, -0.2) is 52.3 Å². The highest BCUT2D eigenvalue weighted by Crippen LogP contribution is 2.19. The molecule has 1 aliphatic rings. The lowest BCUT2D eigenvalue weighted by Crippen LogP contribution is -2.39. The van der Waals surface area contributed by atoms with Gasteiger partial charge in [0, 0.05) is 30.7 Å². The molecule has 0 fully saturated rings. The molecule has 0 bridgehead atoms. The number of likely N-dealkylation sites (N-methyl/N-ethyl adjacent to an activating group) is 1. The highest BCUT2D eigenvalue weighted by molar-refractivity contribution is 5.92. The molecule has 0 spiro atoms. The van der Waals surface area contributed by atoms with Gasteiger partial charge in [0.1, 0.15) is 5.69 Å². The van der Waals surface area contributed by atoms with E-state index in [1.54, 1.807) is 6.07 Å². The van der Waals surface area contributed by atoms with Crippen molar-refractivity contribution in [3.63, 3.8) is 0 Å². The van der Waals surface area contributed by atoms with Crippen LogP contribution in [0.1, 0.15) is 28.2 Å². The highest BCUT2D eigenvalue weighted by Gasteiger charge is 2.22. The number of hydrogen-bond donors (Lipinski definition) is 1. The van der Waals surface area contributed by atoms with Crippen LogP contribution in [0.4, 0.5) is 0 Å². The SMILES string of the molecule is CN(C)CCn1ccc(C(=O)NC2CCc3ncccc3C2)n1. The number of fused-ring (bicyclic) bond motifs is 1. The van der Waals surface area contributed by atoms with E-state index < -0.39 is 0 Å². The van der Waals surface area contributed by atoms with Crippen LogP contribution in [0.25, 0.3) is 0 Å². The molecule has 0 aliphatic heterocycles. The Morgan fingerprint density at radius 1 is 1.43 bits per heavy atom. The summed E-state index contributed by atoms with van der Waals surface area (Å²) >= 11 is 0. The van der Waals surface area contributed by atoms with Crippen molar-refractivity contribution in [3.05, 3.63) is 47.5 Å². The maximum absolute atomic E-state index is 12.4. The molecule has 6 nitrogen and oxygen atoms in total. The Labute approximate surface area is 136 Å². The van der Waals surface area contributed by atoms with Crippen molar-refractivity contribution in [1.82, 2.24) is 25.0 Å². The Morgan fingerprint density at radius 3 is 3.13 bits per heavy atom. The first kappa shape index (κ1) is 15.7. The fourth-order valence-corrected chi connectivity index (χ4v) is 2.85. The quantitative estimate of drug-likeness (QED) is 0.899. The van der Waals surface area contributed by atoms with E-state index in [9.17, 15) is 4.79 Å². The zero-order valence-corrected chi connectivity index (χ0v) is 13.7. The molecule has 0 radical (unpaired) electrons. The molecular formula is C17H23N5O. The van der Waals surface area contributed by atoms with E-state index in [1.165, 1.54) is 5.56 Å². The minimum absolute atomic E-state index is 0.0917. The van der Waals surface area contributed by atoms with Crippen molar-refractivity contribution in [2.75, 3.05) is 20.6 Å². The molecule has 1 amide bonds. The molecule has 1 aliphatic carbocycles. The van der Waals surface area contributed by atoms with Crippen LogP contribution in [-0.2, 0) is 19.4 Å². The van der Waals surface area contributed by atoms with E-state index in [2.05, 4.69) is 26.4 Å². The zero-order valence-electron chi connectivity index (χ0n) is 13.7. The molecule has 1 unspecified atom stereocenters. The largest absolute Gasteiger partial charge is 0.348 e. The molecule has 1 atom stereocenters. The van der Waals surface area contributed by atoms with Crippen LogP contribution in [0.3, 0.4) is 0 Å².